The van der Waals surface area contributed by atoms with Crippen LogP contribution in [0.1, 0.15) is 48.4 Å². The Morgan fingerprint density at radius 1 is 0.966 bits per heavy atom. The van der Waals surface area contributed by atoms with Crippen molar-refractivity contribution < 1.29 is 4.74 Å². The Kier molecular flexibility index (Phi) is 7.40. The lowest BCUT2D eigenvalue weighted by atomic mass is 10.0. The predicted octanol–water partition coefficient (Wildman–Crippen LogP) is 5.99. The number of nitrogens with one attached hydrogen (secondary N) is 2. The van der Waals surface area contributed by atoms with Crippen LogP contribution in [0.3, 0.4) is 0 Å². The van der Waals surface area contributed by atoms with E-state index in [9.17, 15) is 0 Å². The molecule has 0 unspecified atom stereocenters. The van der Waals surface area contributed by atoms with E-state index in [-0.39, 0.29) is 0 Å². The molecule has 0 saturated heterocycles. The lowest BCUT2D eigenvalue weighted by Gasteiger charge is -2.15. The zero-order chi connectivity index (χ0) is 20.5. The second kappa shape index (κ2) is 10.4. The molecular formula is C25H29N3O. The van der Waals surface area contributed by atoms with E-state index in [1.807, 2.05) is 48.5 Å². The number of hydrogen-bond acceptors (Lipinski definition) is 4. The molecule has 29 heavy (non-hydrogen) atoms. The van der Waals surface area contributed by atoms with Crippen LogP contribution in [-0.2, 0) is 6.61 Å². The number of aromatic nitrogens is 1. The van der Waals surface area contributed by atoms with Gasteiger partial charge in [0.05, 0.1) is 5.71 Å². The fraction of sp³-hybridized carbons (Fsp3) is 0.280. The number of para-hydroxylation sites is 1. The molecule has 150 valence electrons. The molecule has 0 atom stereocenters. The first kappa shape index (κ1) is 20.6. The molecule has 0 spiro atoms. The first-order chi connectivity index (χ1) is 14.2. The summed E-state index contributed by atoms with van der Waals surface area (Å²) in [6.07, 6.45) is 5.22. The Labute approximate surface area is 173 Å². The third-order valence-electron chi connectivity index (χ3n) is 4.95. The van der Waals surface area contributed by atoms with Gasteiger partial charge in [-0.2, -0.15) is 0 Å². The molecule has 0 saturated carbocycles. The van der Waals surface area contributed by atoms with Crippen molar-refractivity contribution in [2.75, 3.05) is 11.9 Å². The highest BCUT2D eigenvalue weighted by Gasteiger charge is 2.15. The highest BCUT2D eigenvalue weighted by molar-refractivity contribution is 6.15. The quantitative estimate of drug-likeness (QED) is 0.332. The number of benzene rings is 2. The topological polar surface area (TPSA) is 58.0 Å². The van der Waals surface area contributed by atoms with Crippen molar-refractivity contribution in [3.8, 4) is 5.75 Å². The third-order valence-corrected chi connectivity index (χ3v) is 4.95. The average molecular weight is 388 g/mol. The summed E-state index contributed by atoms with van der Waals surface area (Å²) < 4.78 is 6.12. The smallest absolute Gasteiger partial charge is 0.135 e. The molecule has 0 aliphatic heterocycles. The number of rotatable bonds is 10. The lowest BCUT2D eigenvalue weighted by molar-refractivity contribution is 0.305. The van der Waals surface area contributed by atoms with Gasteiger partial charge < -0.3 is 10.1 Å². The molecule has 2 aromatic carbocycles. The molecule has 0 aliphatic rings. The van der Waals surface area contributed by atoms with Gasteiger partial charge in [0.25, 0.3) is 0 Å². The summed E-state index contributed by atoms with van der Waals surface area (Å²) in [5, 5.41) is 12.2. The maximum Gasteiger partial charge on any atom is 0.135 e. The van der Waals surface area contributed by atoms with Crippen molar-refractivity contribution in [3.63, 3.8) is 0 Å². The summed E-state index contributed by atoms with van der Waals surface area (Å²) in [6, 6.07) is 19.8. The van der Waals surface area contributed by atoms with Gasteiger partial charge in [-0.25, -0.2) is 4.98 Å². The number of hydrogen-bond donors (Lipinski definition) is 2. The van der Waals surface area contributed by atoms with Crippen LogP contribution >= 0.6 is 0 Å². The van der Waals surface area contributed by atoms with Crippen LogP contribution in [0.4, 0.5) is 5.82 Å². The van der Waals surface area contributed by atoms with Crippen LogP contribution in [0, 0.1) is 12.3 Å². The normalized spacial score (nSPS) is 10.6. The van der Waals surface area contributed by atoms with Gasteiger partial charge in [0, 0.05) is 23.9 Å². The molecule has 1 heterocycles. The van der Waals surface area contributed by atoms with E-state index < -0.39 is 0 Å². The molecule has 3 rings (SSSR count). The van der Waals surface area contributed by atoms with Crippen LogP contribution in [0.5, 0.6) is 5.75 Å². The molecule has 4 heteroatoms. The summed E-state index contributed by atoms with van der Waals surface area (Å²) in [6.45, 7) is 5.61. The summed E-state index contributed by atoms with van der Waals surface area (Å²) in [7, 11) is 0. The number of pyridine rings is 1. The van der Waals surface area contributed by atoms with Crippen LogP contribution in [0.25, 0.3) is 0 Å². The van der Waals surface area contributed by atoms with E-state index in [1.165, 1.54) is 18.4 Å². The minimum Gasteiger partial charge on any atom is -0.488 e. The maximum atomic E-state index is 8.83. The van der Waals surface area contributed by atoms with Crippen LogP contribution in [0.2, 0.25) is 0 Å². The molecule has 0 amide bonds. The Balaban J connectivity index is 1.79. The summed E-state index contributed by atoms with van der Waals surface area (Å²) in [5.74, 6) is 1.46. The highest BCUT2D eigenvalue weighted by atomic mass is 16.5. The van der Waals surface area contributed by atoms with E-state index in [4.69, 9.17) is 10.1 Å². The molecule has 0 fully saturated rings. The second-order valence-corrected chi connectivity index (χ2v) is 7.12. The van der Waals surface area contributed by atoms with E-state index in [1.54, 1.807) is 6.20 Å². The third kappa shape index (κ3) is 5.44. The Morgan fingerprint density at radius 3 is 2.55 bits per heavy atom. The predicted molar refractivity (Wildman–Crippen MR) is 120 cm³/mol. The van der Waals surface area contributed by atoms with E-state index >= 15 is 0 Å². The van der Waals surface area contributed by atoms with Crippen molar-refractivity contribution in [3.05, 3.63) is 89.1 Å². The van der Waals surface area contributed by atoms with Gasteiger partial charge in [0.2, 0.25) is 0 Å². The summed E-state index contributed by atoms with van der Waals surface area (Å²) in [5.41, 5.74) is 4.32. The van der Waals surface area contributed by atoms with Gasteiger partial charge in [-0.15, -0.1) is 0 Å². The Bertz CT molecular complexity index is 952. The molecule has 0 bridgehead atoms. The van der Waals surface area contributed by atoms with Crippen LogP contribution in [-0.4, -0.2) is 17.2 Å². The van der Waals surface area contributed by atoms with Crippen LogP contribution in [0.15, 0.2) is 66.9 Å². The van der Waals surface area contributed by atoms with Gasteiger partial charge in [0.15, 0.2) is 0 Å². The maximum absolute atomic E-state index is 8.83. The minimum atomic E-state index is 0.413. The molecule has 4 nitrogen and oxygen atoms in total. The summed E-state index contributed by atoms with van der Waals surface area (Å²) >= 11 is 0. The molecule has 2 N–H and O–H groups in total. The fourth-order valence-electron chi connectivity index (χ4n) is 3.20. The van der Waals surface area contributed by atoms with E-state index in [0.717, 1.165) is 35.5 Å². The van der Waals surface area contributed by atoms with Crippen molar-refractivity contribution in [2.45, 2.75) is 39.7 Å². The van der Waals surface area contributed by atoms with E-state index in [0.29, 0.717) is 18.1 Å². The van der Waals surface area contributed by atoms with Gasteiger partial charge in [-0.05, 0) is 48.7 Å². The number of aryl methyl sites for hydroxylation is 1. The first-order valence-corrected chi connectivity index (χ1v) is 10.2. The van der Waals surface area contributed by atoms with Crippen molar-refractivity contribution in [2.24, 2.45) is 0 Å². The molecule has 0 aliphatic carbocycles. The molecule has 1 aromatic heterocycles. The average Bonchev–Trinajstić information content (AvgIpc) is 2.76. The second-order valence-electron chi connectivity index (χ2n) is 7.12. The SMILES string of the molecule is CCCCCNc1ncccc1C(=N)c1ccccc1OCc1ccccc1C. The summed E-state index contributed by atoms with van der Waals surface area (Å²) in [4.78, 5) is 4.46. The zero-order valence-corrected chi connectivity index (χ0v) is 17.2. The Hall–Kier alpha value is -3.14. The van der Waals surface area contributed by atoms with Gasteiger partial charge in [-0.1, -0.05) is 56.2 Å². The molecule has 3 aromatic rings. The monoisotopic (exact) mass is 387 g/mol. The number of unbranched alkanes of at least 4 members (excludes halogenated alkanes) is 2. The molecule has 0 radical (unpaired) electrons. The van der Waals surface area contributed by atoms with Crippen molar-refractivity contribution >= 4 is 11.5 Å². The molecular weight excluding hydrogens is 358 g/mol. The van der Waals surface area contributed by atoms with Gasteiger partial charge in [-0.3, -0.25) is 5.41 Å². The Morgan fingerprint density at radius 2 is 1.72 bits per heavy atom. The largest absolute Gasteiger partial charge is 0.488 e. The highest BCUT2D eigenvalue weighted by Crippen LogP contribution is 2.25. The lowest BCUT2D eigenvalue weighted by Crippen LogP contribution is -2.12. The standard InChI is InChI=1S/C25H29N3O/c1-3-4-9-16-27-25-22(14-10-17-28-25)24(26)21-13-7-8-15-23(21)29-18-20-12-6-5-11-19(20)2/h5-8,10-15,17,26H,3-4,9,16,18H2,1-2H3,(H,27,28). The fourth-order valence-corrected chi connectivity index (χ4v) is 3.20. The van der Waals surface area contributed by atoms with Gasteiger partial charge >= 0.3 is 0 Å². The zero-order valence-electron chi connectivity index (χ0n) is 17.2. The van der Waals surface area contributed by atoms with E-state index in [2.05, 4.69) is 36.3 Å². The minimum absolute atomic E-state index is 0.413. The number of anilines is 1. The van der Waals surface area contributed by atoms with Crippen molar-refractivity contribution in [1.29, 1.82) is 5.41 Å². The van der Waals surface area contributed by atoms with Gasteiger partial charge in [0.1, 0.15) is 18.2 Å². The number of ether oxygens (including phenoxy) is 1. The first-order valence-electron chi connectivity index (χ1n) is 10.2. The number of nitrogens with zero attached hydrogens (tertiary/aromatic N) is 1. The van der Waals surface area contributed by atoms with Crippen molar-refractivity contribution in [1.82, 2.24) is 4.98 Å². The van der Waals surface area contributed by atoms with Crippen LogP contribution < -0.4 is 10.1 Å².